The summed E-state index contributed by atoms with van der Waals surface area (Å²) in [5.41, 5.74) is -1.15. The van der Waals surface area contributed by atoms with Gasteiger partial charge in [-0.1, -0.05) is 0 Å². The first kappa shape index (κ1) is 29.0. The maximum absolute atomic E-state index is 12.2. The molecule has 0 aliphatic heterocycles. The van der Waals surface area contributed by atoms with E-state index in [0.29, 0.717) is 5.56 Å². The summed E-state index contributed by atoms with van der Waals surface area (Å²) in [5, 5.41) is 76.9. The molecule has 0 amide bonds. The lowest BCUT2D eigenvalue weighted by atomic mass is 10.1. The molecule has 0 saturated heterocycles. The summed E-state index contributed by atoms with van der Waals surface area (Å²) in [6.45, 7) is 0. The number of ether oxygens (including phenoxy) is 1. The summed E-state index contributed by atoms with van der Waals surface area (Å²) in [6, 6.07) is 14.1. The van der Waals surface area contributed by atoms with E-state index >= 15 is 0 Å². The van der Waals surface area contributed by atoms with E-state index in [1.54, 1.807) is 0 Å². The van der Waals surface area contributed by atoms with Crippen molar-refractivity contribution >= 4 is 21.9 Å². The molecule has 44 heavy (non-hydrogen) atoms. The van der Waals surface area contributed by atoms with Crippen molar-refractivity contribution in [3.63, 3.8) is 0 Å². The van der Waals surface area contributed by atoms with Crippen LogP contribution in [0.4, 0.5) is 0 Å². The van der Waals surface area contributed by atoms with Gasteiger partial charge in [-0.25, -0.2) is 0 Å². The Kier molecular flexibility index (Phi) is 7.29. The predicted molar refractivity (Wildman–Crippen MR) is 156 cm³/mol. The van der Waals surface area contributed by atoms with Crippen LogP contribution in [0.2, 0.25) is 0 Å². The molecule has 6 aromatic rings. The lowest BCUT2D eigenvalue weighted by Gasteiger charge is -2.09. The first-order valence-electron chi connectivity index (χ1n) is 12.5. The number of hydrogen-bond donors (Lipinski definition) is 8. The van der Waals surface area contributed by atoms with Crippen LogP contribution in [-0.2, 0) is 0 Å². The van der Waals surface area contributed by atoms with Crippen molar-refractivity contribution in [1.82, 2.24) is 0 Å². The summed E-state index contributed by atoms with van der Waals surface area (Å²) < 4.78 is 15.8. The molecular weight excluding hydrogens is 580 g/mol. The Bertz CT molecular complexity index is 2180. The Balaban J connectivity index is 0.000000175. The maximum Gasteiger partial charge on any atom is 0.238 e. The topological polar surface area (TPSA) is 231 Å². The minimum Gasteiger partial charge on any atom is -0.508 e. The quantitative estimate of drug-likeness (QED) is 0.139. The summed E-state index contributed by atoms with van der Waals surface area (Å²) in [5.74, 6) is -3.16. The van der Waals surface area contributed by atoms with Gasteiger partial charge in [-0.3, -0.25) is 9.59 Å². The van der Waals surface area contributed by atoms with E-state index in [-0.39, 0.29) is 67.8 Å². The Hall–Kier alpha value is -6.50. The van der Waals surface area contributed by atoms with Crippen molar-refractivity contribution in [2.24, 2.45) is 0 Å². The molecule has 4 aromatic carbocycles. The number of phenolic OH excluding ortho intramolecular Hbond substituents is 6. The average molecular weight is 603 g/mol. The highest BCUT2D eigenvalue weighted by Gasteiger charge is 2.20. The zero-order valence-corrected chi connectivity index (χ0v) is 22.5. The average Bonchev–Trinajstić information content (AvgIpc) is 2.97. The summed E-state index contributed by atoms with van der Waals surface area (Å²) in [7, 11) is 1.35. The molecule has 224 valence electrons. The van der Waals surface area contributed by atoms with Crippen molar-refractivity contribution in [2.45, 2.75) is 0 Å². The fourth-order valence-electron chi connectivity index (χ4n) is 4.37. The highest BCUT2D eigenvalue weighted by atomic mass is 16.5. The van der Waals surface area contributed by atoms with E-state index in [2.05, 4.69) is 0 Å². The fraction of sp³-hybridized carbons (Fsp3) is 0.0323. The van der Waals surface area contributed by atoms with Crippen molar-refractivity contribution in [1.29, 1.82) is 0 Å². The molecule has 0 saturated carbocycles. The normalized spacial score (nSPS) is 10.8. The summed E-state index contributed by atoms with van der Waals surface area (Å²) in [6.07, 6.45) is 0. The number of fused-ring (bicyclic) bond motifs is 2. The molecule has 13 nitrogen and oxygen atoms in total. The minimum atomic E-state index is -0.842. The number of hydrogen-bond acceptors (Lipinski definition) is 13. The van der Waals surface area contributed by atoms with Gasteiger partial charge in [0, 0.05) is 35.4 Å². The first-order chi connectivity index (χ1) is 20.9. The number of methoxy groups -OCH3 is 1. The SMILES string of the molecule is COc1cc(-c2oc3cc(O)cc(O)c3c(=O)c2O)ccc1O.O=c1c(O)c(-c2ccc(O)cc2)oc2cc(O)cc(O)c12. The minimum absolute atomic E-state index is 0.0247. The fourth-order valence-corrected chi connectivity index (χ4v) is 4.37. The monoisotopic (exact) mass is 602 g/mol. The van der Waals surface area contributed by atoms with Gasteiger partial charge in [0.15, 0.2) is 23.0 Å². The van der Waals surface area contributed by atoms with Crippen LogP contribution >= 0.6 is 0 Å². The van der Waals surface area contributed by atoms with Crippen LogP contribution in [0.25, 0.3) is 44.6 Å². The molecule has 0 unspecified atom stereocenters. The number of aromatic hydroxyl groups is 8. The molecule has 0 aliphatic rings. The molecular formula is C31H22O13. The molecule has 0 radical (unpaired) electrons. The van der Waals surface area contributed by atoms with Crippen molar-refractivity contribution in [3.05, 3.63) is 87.2 Å². The van der Waals surface area contributed by atoms with E-state index in [0.717, 1.165) is 18.2 Å². The Morgan fingerprint density at radius 1 is 0.523 bits per heavy atom. The van der Waals surface area contributed by atoms with Crippen LogP contribution < -0.4 is 15.6 Å². The predicted octanol–water partition coefficient (Wildman–Crippen LogP) is 4.57. The largest absolute Gasteiger partial charge is 0.508 e. The lowest BCUT2D eigenvalue weighted by molar-refractivity contribution is 0.373. The van der Waals surface area contributed by atoms with Crippen LogP contribution in [0.5, 0.6) is 51.7 Å². The third kappa shape index (κ3) is 5.16. The molecule has 13 heteroatoms. The lowest BCUT2D eigenvalue weighted by Crippen LogP contribution is -2.03. The summed E-state index contributed by atoms with van der Waals surface area (Å²) in [4.78, 5) is 24.4. The Morgan fingerprint density at radius 3 is 1.45 bits per heavy atom. The van der Waals surface area contributed by atoms with Crippen LogP contribution in [0.15, 0.2) is 85.2 Å². The van der Waals surface area contributed by atoms with Crippen LogP contribution in [0, 0.1) is 0 Å². The summed E-state index contributed by atoms with van der Waals surface area (Å²) >= 11 is 0. The molecule has 0 atom stereocenters. The molecule has 0 fully saturated rings. The molecule has 0 bridgehead atoms. The van der Waals surface area contributed by atoms with Gasteiger partial charge in [0.25, 0.3) is 0 Å². The van der Waals surface area contributed by atoms with Gasteiger partial charge in [0.2, 0.25) is 22.4 Å². The third-order valence-electron chi connectivity index (χ3n) is 6.44. The molecule has 0 aliphatic carbocycles. The van der Waals surface area contributed by atoms with E-state index in [1.807, 2.05) is 0 Å². The molecule has 6 rings (SSSR count). The van der Waals surface area contributed by atoms with Crippen LogP contribution in [-0.4, -0.2) is 48.0 Å². The van der Waals surface area contributed by atoms with Crippen molar-refractivity contribution in [2.75, 3.05) is 7.11 Å². The van der Waals surface area contributed by atoms with Gasteiger partial charge in [-0.05, 0) is 42.5 Å². The second-order valence-electron chi connectivity index (χ2n) is 9.33. The first-order valence-corrected chi connectivity index (χ1v) is 12.5. The number of benzene rings is 4. The Labute approximate surface area is 245 Å². The standard InChI is InChI=1S/C16H12O7.C15H10O6/c1-22-11-4-7(2-3-9(11)18)16-15(21)14(20)13-10(19)5-8(17)6-12(13)23-16;16-8-3-1-7(2-4-8)15-14(20)13(19)12-10(18)5-9(17)6-11(12)21-15/h2-6,17-19,21H,1H3;1-6,16-18,20H. The molecule has 2 heterocycles. The third-order valence-corrected chi connectivity index (χ3v) is 6.44. The van der Waals surface area contributed by atoms with Crippen molar-refractivity contribution < 1.29 is 54.4 Å². The van der Waals surface area contributed by atoms with Gasteiger partial charge in [-0.2, -0.15) is 0 Å². The number of rotatable bonds is 3. The zero-order chi connectivity index (χ0) is 31.9. The van der Waals surface area contributed by atoms with E-state index < -0.39 is 33.9 Å². The van der Waals surface area contributed by atoms with E-state index in [1.165, 1.54) is 55.6 Å². The Morgan fingerprint density at radius 2 is 0.977 bits per heavy atom. The highest BCUT2D eigenvalue weighted by molar-refractivity contribution is 5.89. The highest BCUT2D eigenvalue weighted by Crippen LogP contribution is 2.38. The molecule has 8 N–H and O–H groups in total. The smallest absolute Gasteiger partial charge is 0.238 e. The van der Waals surface area contributed by atoms with Crippen LogP contribution in [0.1, 0.15) is 0 Å². The van der Waals surface area contributed by atoms with E-state index in [4.69, 9.17) is 13.6 Å². The van der Waals surface area contributed by atoms with Gasteiger partial charge in [-0.15, -0.1) is 0 Å². The van der Waals surface area contributed by atoms with E-state index in [9.17, 15) is 50.4 Å². The van der Waals surface area contributed by atoms with Crippen LogP contribution in [0.3, 0.4) is 0 Å². The van der Waals surface area contributed by atoms with Gasteiger partial charge in [0.05, 0.1) is 7.11 Å². The second kappa shape index (κ2) is 11.1. The van der Waals surface area contributed by atoms with Crippen molar-refractivity contribution in [3.8, 4) is 74.4 Å². The van der Waals surface area contributed by atoms with Gasteiger partial charge in [0.1, 0.15) is 50.7 Å². The van der Waals surface area contributed by atoms with Gasteiger partial charge >= 0.3 is 0 Å². The number of phenols is 6. The maximum atomic E-state index is 12.2. The second-order valence-corrected chi connectivity index (χ2v) is 9.33. The zero-order valence-electron chi connectivity index (χ0n) is 22.5. The van der Waals surface area contributed by atoms with Gasteiger partial charge < -0.3 is 54.4 Å². The molecule has 2 aromatic heterocycles. The molecule has 0 spiro atoms.